The quantitative estimate of drug-likeness (QED) is 0.755. The molecule has 5 nitrogen and oxygen atoms in total. The number of sulfone groups is 1. The lowest BCUT2D eigenvalue weighted by Crippen LogP contribution is -2.21. The van der Waals surface area contributed by atoms with Crippen LogP contribution in [0.25, 0.3) is 0 Å². The van der Waals surface area contributed by atoms with Gasteiger partial charge in [-0.1, -0.05) is 0 Å². The summed E-state index contributed by atoms with van der Waals surface area (Å²) in [6, 6.07) is 3.69. The van der Waals surface area contributed by atoms with Gasteiger partial charge in [0.25, 0.3) is 0 Å². The minimum absolute atomic E-state index is 0.0406. The first kappa shape index (κ1) is 12.4. The largest absolute Gasteiger partial charge is 0.396 e. The SMILES string of the molecule is CS(=O)(=O)CC(=O)Nc1ccc(N)c(F)c1. The van der Waals surface area contributed by atoms with Gasteiger partial charge in [-0.25, -0.2) is 12.8 Å². The summed E-state index contributed by atoms with van der Waals surface area (Å²) >= 11 is 0. The van der Waals surface area contributed by atoms with Crippen molar-refractivity contribution in [3.8, 4) is 0 Å². The van der Waals surface area contributed by atoms with Gasteiger partial charge >= 0.3 is 0 Å². The zero-order valence-electron chi connectivity index (χ0n) is 8.53. The molecule has 0 bridgehead atoms. The third kappa shape index (κ3) is 3.85. The Morgan fingerprint density at radius 3 is 2.62 bits per heavy atom. The van der Waals surface area contributed by atoms with Crippen molar-refractivity contribution in [2.75, 3.05) is 23.1 Å². The number of halogens is 1. The van der Waals surface area contributed by atoms with Crippen LogP contribution in [0, 0.1) is 5.82 Å². The molecular formula is C9H11FN2O3S. The van der Waals surface area contributed by atoms with Crippen molar-refractivity contribution >= 4 is 27.1 Å². The molecule has 0 atom stereocenters. The Labute approximate surface area is 92.4 Å². The van der Waals surface area contributed by atoms with Gasteiger partial charge in [0.1, 0.15) is 11.6 Å². The van der Waals surface area contributed by atoms with E-state index in [-0.39, 0.29) is 11.4 Å². The zero-order chi connectivity index (χ0) is 12.3. The lowest BCUT2D eigenvalue weighted by Gasteiger charge is -2.05. The summed E-state index contributed by atoms with van der Waals surface area (Å²) in [4.78, 5) is 11.2. The van der Waals surface area contributed by atoms with Crippen LogP contribution in [0.2, 0.25) is 0 Å². The van der Waals surface area contributed by atoms with E-state index < -0.39 is 27.3 Å². The molecule has 0 radical (unpaired) electrons. The van der Waals surface area contributed by atoms with Crippen LogP contribution in [0.5, 0.6) is 0 Å². The summed E-state index contributed by atoms with van der Waals surface area (Å²) in [6.45, 7) is 0. The van der Waals surface area contributed by atoms with Crippen molar-refractivity contribution in [3.63, 3.8) is 0 Å². The highest BCUT2D eigenvalue weighted by atomic mass is 32.2. The summed E-state index contributed by atoms with van der Waals surface area (Å²) < 4.78 is 34.6. The van der Waals surface area contributed by atoms with Gasteiger partial charge in [-0.3, -0.25) is 4.79 Å². The van der Waals surface area contributed by atoms with E-state index in [2.05, 4.69) is 5.32 Å². The first-order valence-corrected chi connectivity index (χ1v) is 6.36. The van der Waals surface area contributed by atoms with Crippen LogP contribution in [-0.2, 0) is 14.6 Å². The summed E-state index contributed by atoms with van der Waals surface area (Å²) in [7, 11) is -3.39. The van der Waals surface area contributed by atoms with Crippen LogP contribution >= 0.6 is 0 Å². The van der Waals surface area contributed by atoms with Gasteiger partial charge in [-0.15, -0.1) is 0 Å². The minimum atomic E-state index is -3.39. The van der Waals surface area contributed by atoms with E-state index in [4.69, 9.17) is 5.73 Å². The van der Waals surface area contributed by atoms with Crippen molar-refractivity contribution in [3.05, 3.63) is 24.0 Å². The van der Waals surface area contributed by atoms with Gasteiger partial charge < -0.3 is 11.1 Å². The van der Waals surface area contributed by atoms with Crippen LogP contribution in [0.3, 0.4) is 0 Å². The number of carbonyl (C=O) groups is 1. The Morgan fingerprint density at radius 1 is 1.50 bits per heavy atom. The molecule has 1 amide bonds. The number of rotatable bonds is 3. The van der Waals surface area contributed by atoms with Crippen molar-refractivity contribution in [1.29, 1.82) is 0 Å². The second-order valence-corrected chi connectivity index (χ2v) is 5.49. The highest BCUT2D eigenvalue weighted by molar-refractivity contribution is 7.91. The van der Waals surface area contributed by atoms with E-state index in [9.17, 15) is 17.6 Å². The van der Waals surface area contributed by atoms with Gasteiger partial charge in [0.05, 0.1) is 5.69 Å². The highest BCUT2D eigenvalue weighted by Crippen LogP contribution is 2.15. The Balaban J connectivity index is 2.74. The number of anilines is 2. The Morgan fingerprint density at radius 2 is 2.12 bits per heavy atom. The van der Waals surface area contributed by atoms with Gasteiger partial charge in [0.2, 0.25) is 5.91 Å². The fourth-order valence-corrected chi connectivity index (χ4v) is 1.59. The van der Waals surface area contributed by atoms with Crippen LogP contribution in [0.4, 0.5) is 15.8 Å². The molecule has 3 N–H and O–H groups in total. The molecular weight excluding hydrogens is 235 g/mol. The number of nitrogens with two attached hydrogens (primary N) is 1. The normalized spacial score (nSPS) is 11.1. The second kappa shape index (κ2) is 4.48. The minimum Gasteiger partial charge on any atom is -0.396 e. The number of hydrogen-bond donors (Lipinski definition) is 2. The topological polar surface area (TPSA) is 89.3 Å². The lowest BCUT2D eigenvalue weighted by atomic mass is 10.2. The van der Waals surface area contributed by atoms with Gasteiger partial charge in [-0.05, 0) is 18.2 Å². The average molecular weight is 246 g/mol. The standard InChI is InChI=1S/C9H11FN2O3S/c1-16(14,15)5-9(13)12-6-2-3-8(11)7(10)4-6/h2-4H,5,11H2,1H3,(H,12,13). The Kier molecular flexibility index (Phi) is 3.48. The van der Waals surface area contributed by atoms with Crippen molar-refractivity contribution < 1.29 is 17.6 Å². The maximum atomic E-state index is 13.0. The van der Waals surface area contributed by atoms with Crippen LogP contribution in [0.15, 0.2) is 18.2 Å². The summed E-state index contributed by atoms with van der Waals surface area (Å²) in [5.41, 5.74) is 5.36. The molecule has 0 heterocycles. The van der Waals surface area contributed by atoms with Crippen molar-refractivity contribution in [2.24, 2.45) is 0 Å². The molecule has 0 saturated heterocycles. The molecule has 1 aromatic rings. The number of amides is 1. The van der Waals surface area contributed by atoms with Crippen LogP contribution in [0.1, 0.15) is 0 Å². The molecule has 0 fully saturated rings. The van der Waals surface area contributed by atoms with E-state index >= 15 is 0 Å². The van der Waals surface area contributed by atoms with E-state index in [1.807, 2.05) is 0 Å². The molecule has 1 aromatic carbocycles. The van der Waals surface area contributed by atoms with Gasteiger partial charge in [-0.2, -0.15) is 0 Å². The molecule has 88 valence electrons. The van der Waals surface area contributed by atoms with Crippen LogP contribution in [-0.4, -0.2) is 26.3 Å². The molecule has 0 aliphatic rings. The third-order valence-corrected chi connectivity index (χ3v) is 2.46. The molecule has 0 unspecified atom stereocenters. The van der Waals surface area contributed by atoms with Gasteiger partial charge in [0, 0.05) is 11.9 Å². The molecule has 0 spiro atoms. The Hall–Kier alpha value is -1.63. The number of carbonyl (C=O) groups excluding carboxylic acids is 1. The monoisotopic (exact) mass is 246 g/mol. The number of nitrogens with one attached hydrogen (secondary N) is 1. The summed E-state index contributed by atoms with van der Waals surface area (Å²) in [5, 5.41) is 2.25. The Bertz CT molecular complexity index is 513. The van der Waals surface area contributed by atoms with E-state index in [0.29, 0.717) is 0 Å². The fraction of sp³-hybridized carbons (Fsp3) is 0.222. The lowest BCUT2D eigenvalue weighted by molar-refractivity contribution is -0.113. The first-order chi connectivity index (χ1) is 7.28. The van der Waals surface area contributed by atoms with Gasteiger partial charge in [0.15, 0.2) is 9.84 Å². The molecule has 0 aliphatic heterocycles. The maximum absolute atomic E-state index is 13.0. The molecule has 0 aromatic heterocycles. The fourth-order valence-electron chi connectivity index (χ4n) is 1.04. The first-order valence-electron chi connectivity index (χ1n) is 4.30. The number of benzene rings is 1. The molecule has 1 rings (SSSR count). The molecule has 16 heavy (non-hydrogen) atoms. The van der Waals surface area contributed by atoms with E-state index in [1.165, 1.54) is 12.1 Å². The molecule has 0 aliphatic carbocycles. The van der Waals surface area contributed by atoms with Crippen molar-refractivity contribution in [1.82, 2.24) is 0 Å². The summed E-state index contributed by atoms with van der Waals surface area (Å²) in [5.74, 6) is -2.03. The smallest absolute Gasteiger partial charge is 0.239 e. The number of nitrogen functional groups attached to an aromatic ring is 1. The van der Waals surface area contributed by atoms with E-state index in [0.717, 1.165) is 12.3 Å². The highest BCUT2D eigenvalue weighted by Gasteiger charge is 2.11. The maximum Gasteiger partial charge on any atom is 0.239 e. The zero-order valence-corrected chi connectivity index (χ0v) is 9.34. The second-order valence-electron chi connectivity index (χ2n) is 3.35. The third-order valence-electron chi connectivity index (χ3n) is 1.68. The predicted octanol–water partition coefficient (Wildman–Crippen LogP) is 0.391. The predicted molar refractivity (Wildman–Crippen MR) is 59.2 cm³/mol. The number of hydrogen-bond acceptors (Lipinski definition) is 4. The van der Waals surface area contributed by atoms with E-state index in [1.54, 1.807) is 0 Å². The average Bonchev–Trinajstić information content (AvgIpc) is 2.08. The molecule has 7 heteroatoms. The summed E-state index contributed by atoms with van der Waals surface area (Å²) in [6.07, 6.45) is 0.941. The van der Waals surface area contributed by atoms with Crippen molar-refractivity contribution in [2.45, 2.75) is 0 Å². The molecule has 0 saturated carbocycles. The van der Waals surface area contributed by atoms with Crippen LogP contribution < -0.4 is 11.1 Å².